The normalized spacial score (nSPS) is 12.3. The zero-order valence-electron chi connectivity index (χ0n) is 11.8. The van der Waals surface area contributed by atoms with Gasteiger partial charge < -0.3 is 10.0 Å². The van der Waals surface area contributed by atoms with Crippen LogP contribution in [0, 0.1) is 5.92 Å². The van der Waals surface area contributed by atoms with Crippen LogP contribution >= 0.6 is 0 Å². The van der Waals surface area contributed by atoms with Crippen LogP contribution in [0.1, 0.15) is 48.0 Å². The molecule has 1 rings (SSSR count). The van der Waals surface area contributed by atoms with Crippen molar-refractivity contribution < 1.29 is 14.7 Å². The zero-order chi connectivity index (χ0) is 14.6. The molecule has 0 saturated heterocycles. The van der Waals surface area contributed by atoms with Gasteiger partial charge in [0.2, 0.25) is 0 Å². The third-order valence-corrected chi connectivity index (χ3v) is 3.03. The van der Waals surface area contributed by atoms with Gasteiger partial charge in [-0.15, -0.1) is 0 Å². The largest absolute Gasteiger partial charge is 0.478 e. The van der Waals surface area contributed by atoms with Crippen LogP contribution < -0.4 is 0 Å². The highest BCUT2D eigenvalue weighted by Gasteiger charge is 2.24. The molecule has 104 valence electrons. The first-order valence-corrected chi connectivity index (χ1v) is 6.30. The predicted octanol–water partition coefficient (Wildman–Crippen LogP) is 2.29. The lowest BCUT2D eigenvalue weighted by Crippen LogP contribution is -2.37. The number of carbonyl (C=O) groups is 2. The van der Waals surface area contributed by atoms with Gasteiger partial charge in [0, 0.05) is 19.3 Å². The molecule has 0 radical (unpaired) electrons. The average molecular weight is 264 g/mol. The van der Waals surface area contributed by atoms with E-state index in [1.807, 2.05) is 6.92 Å². The van der Waals surface area contributed by atoms with Crippen LogP contribution in [-0.4, -0.2) is 40.0 Å². The summed E-state index contributed by atoms with van der Waals surface area (Å²) in [6.07, 6.45) is 2.29. The van der Waals surface area contributed by atoms with Crippen LogP contribution in [0.3, 0.4) is 0 Å². The summed E-state index contributed by atoms with van der Waals surface area (Å²) in [5, 5.41) is 9.07. The summed E-state index contributed by atoms with van der Waals surface area (Å²) in [6.45, 7) is 6.11. The van der Waals surface area contributed by atoms with Crippen molar-refractivity contribution in [1.82, 2.24) is 9.88 Å². The lowest BCUT2D eigenvalue weighted by atomic mass is 10.0. The number of carboxylic acid groups (broad SMARTS) is 1. The molecule has 0 bridgehead atoms. The molecule has 0 aliphatic rings. The zero-order valence-corrected chi connectivity index (χ0v) is 11.8. The van der Waals surface area contributed by atoms with E-state index in [1.54, 1.807) is 11.9 Å². The summed E-state index contributed by atoms with van der Waals surface area (Å²) in [4.78, 5) is 28.8. The molecule has 1 aromatic rings. The minimum Gasteiger partial charge on any atom is -0.478 e. The second-order valence-electron chi connectivity index (χ2n) is 5.10. The third-order valence-electron chi connectivity index (χ3n) is 3.03. The Morgan fingerprint density at radius 2 is 2.00 bits per heavy atom. The number of rotatable bonds is 5. The molecule has 0 aliphatic carbocycles. The Morgan fingerprint density at radius 3 is 2.53 bits per heavy atom. The first-order valence-electron chi connectivity index (χ1n) is 6.30. The van der Waals surface area contributed by atoms with Gasteiger partial charge in [0.25, 0.3) is 5.91 Å². The molecule has 5 nitrogen and oxygen atoms in total. The van der Waals surface area contributed by atoms with Gasteiger partial charge in [-0.25, -0.2) is 4.79 Å². The quantitative estimate of drug-likeness (QED) is 0.885. The Balaban J connectivity index is 2.97. The van der Waals surface area contributed by atoms with E-state index in [0.29, 0.717) is 5.92 Å². The summed E-state index contributed by atoms with van der Waals surface area (Å²) in [5.74, 6) is -1.03. The molecule has 1 heterocycles. The van der Waals surface area contributed by atoms with Crippen molar-refractivity contribution in [2.75, 3.05) is 7.05 Å². The minimum absolute atomic E-state index is 0.00638. The van der Waals surface area contributed by atoms with Crippen LogP contribution in [0.25, 0.3) is 0 Å². The molecule has 1 unspecified atom stereocenters. The molecular formula is C14H20N2O3. The maximum Gasteiger partial charge on any atom is 0.338 e. The van der Waals surface area contributed by atoms with Crippen LogP contribution in [0.15, 0.2) is 18.3 Å². The number of nitrogens with zero attached hydrogens (tertiary/aromatic N) is 2. The number of carbonyl (C=O) groups excluding carboxylic acids is 1. The van der Waals surface area contributed by atoms with Gasteiger partial charge in [-0.3, -0.25) is 9.78 Å². The summed E-state index contributed by atoms with van der Waals surface area (Å²) >= 11 is 0. The van der Waals surface area contributed by atoms with E-state index < -0.39 is 5.97 Å². The molecular weight excluding hydrogens is 244 g/mol. The fraction of sp³-hybridized carbons (Fsp3) is 0.500. The first kappa shape index (κ1) is 15.1. The van der Waals surface area contributed by atoms with E-state index in [0.717, 1.165) is 6.42 Å². The van der Waals surface area contributed by atoms with Gasteiger partial charge in [0.15, 0.2) is 0 Å². The molecule has 1 amide bonds. The molecule has 0 saturated carbocycles. The fourth-order valence-corrected chi connectivity index (χ4v) is 1.96. The van der Waals surface area contributed by atoms with E-state index >= 15 is 0 Å². The van der Waals surface area contributed by atoms with Crippen molar-refractivity contribution in [3.05, 3.63) is 29.6 Å². The number of hydrogen-bond acceptors (Lipinski definition) is 3. The highest BCUT2D eigenvalue weighted by atomic mass is 16.4. The molecule has 5 heteroatoms. The smallest absolute Gasteiger partial charge is 0.338 e. The van der Waals surface area contributed by atoms with E-state index in [4.69, 9.17) is 5.11 Å². The summed E-state index contributed by atoms with van der Waals surface area (Å²) in [5.41, 5.74) is -0.0656. The lowest BCUT2D eigenvalue weighted by Gasteiger charge is -2.26. The lowest BCUT2D eigenvalue weighted by molar-refractivity contribution is 0.0663. The number of pyridine rings is 1. The molecule has 1 atom stereocenters. The van der Waals surface area contributed by atoms with Crippen molar-refractivity contribution in [2.24, 2.45) is 5.92 Å². The standard InChI is InChI=1S/C14H20N2O3/c1-9(2)8-10(3)16(4)13(17)12-11(14(18)19)6-5-7-15-12/h5-7,9-10H,8H2,1-4H3,(H,18,19). The SMILES string of the molecule is CC(C)CC(C)N(C)C(=O)c1ncccc1C(=O)O. The van der Waals surface area contributed by atoms with Crippen molar-refractivity contribution in [2.45, 2.75) is 33.2 Å². The predicted molar refractivity (Wildman–Crippen MR) is 72.2 cm³/mol. The fourth-order valence-electron chi connectivity index (χ4n) is 1.96. The van der Waals surface area contributed by atoms with Gasteiger partial charge in [-0.2, -0.15) is 0 Å². The molecule has 1 aromatic heterocycles. The number of amides is 1. The molecule has 0 aromatic carbocycles. The van der Waals surface area contributed by atoms with Crippen LogP contribution in [0.4, 0.5) is 0 Å². The second-order valence-corrected chi connectivity index (χ2v) is 5.10. The van der Waals surface area contributed by atoms with Gasteiger partial charge in [-0.1, -0.05) is 13.8 Å². The molecule has 0 fully saturated rings. The maximum atomic E-state index is 12.3. The molecule has 19 heavy (non-hydrogen) atoms. The van der Waals surface area contributed by atoms with Crippen molar-refractivity contribution in [3.8, 4) is 0 Å². The molecule has 0 spiro atoms. The maximum absolute atomic E-state index is 12.3. The van der Waals surface area contributed by atoms with E-state index in [9.17, 15) is 9.59 Å². The average Bonchev–Trinajstić information content (AvgIpc) is 2.36. The first-order chi connectivity index (χ1) is 8.84. The topological polar surface area (TPSA) is 70.5 Å². The summed E-state index contributed by atoms with van der Waals surface area (Å²) in [6, 6.07) is 2.94. The Hall–Kier alpha value is -1.91. The van der Waals surface area contributed by atoms with Gasteiger partial charge in [0.1, 0.15) is 5.69 Å². The number of carboxylic acids is 1. The minimum atomic E-state index is -1.14. The van der Waals surface area contributed by atoms with Crippen LogP contribution in [0.2, 0.25) is 0 Å². The van der Waals surface area contributed by atoms with Gasteiger partial charge in [0.05, 0.1) is 5.56 Å². The Kier molecular flexibility index (Phi) is 5.03. The number of hydrogen-bond donors (Lipinski definition) is 1. The number of aromatic carboxylic acids is 1. The molecule has 0 aliphatic heterocycles. The van der Waals surface area contributed by atoms with Crippen molar-refractivity contribution in [3.63, 3.8) is 0 Å². The molecule has 1 N–H and O–H groups in total. The Morgan fingerprint density at radius 1 is 1.37 bits per heavy atom. The van der Waals surface area contributed by atoms with Crippen molar-refractivity contribution in [1.29, 1.82) is 0 Å². The van der Waals surface area contributed by atoms with E-state index in [-0.39, 0.29) is 23.2 Å². The summed E-state index contributed by atoms with van der Waals surface area (Å²) in [7, 11) is 1.68. The van der Waals surface area contributed by atoms with Gasteiger partial charge >= 0.3 is 5.97 Å². The number of aromatic nitrogens is 1. The highest BCUT2D eigenvalue weighted by Crippen LogP contribution is 2.14. The third kappa shape index (κ3) is 3.77. The Labute approximate surface area is 113 Å². The van der Waals surface area contributed by atoms with Crippen LogP contribution in [0.5, 0.6) is 0 Å². The summed E-state index contributed by atoms with van der Waals surface area (Å²) < 4.78 is 0. The monoisotopic (exact) mass is 264 g/mol. The van der Waals surface area contributed by atoms with Crippen molar-refractivity contribution >= 4 is 11.9 Å². The Bertz CT molecular complexity index is 472. The van der Waals surface area contributed by atoms with Gasteiger partial charge in [-0.05, 0) is 31.4 Å². The second kappa shape index (κ2) is 6.31. The highest BCUT2D eigenvalue weighted by molar-refractivity contribution is 6.03. The van der Waals surface area contributed by atoms with E-state index in [1.165, 1.54) is 18.3 Å². The van der Waals surface area contributed by atoms with E-state index in [2.05, 4.69) is 18.8 Å². The van der Waals surface area contributed by atoms with Crippen LogP contribution in [-0.2, 0) is 0 Å².